The van der Waals surface area contributed by atoms with Gasteiger partial charge in [0.25, 0.3) is 0 Å². The van der Waals surface area contributed by atoms with E-state index in [2.05, 4.69) is 17.6 Å². The molecule has 0 unspecified atom stereocenters. The number of nitrogens with one attached hydrogen (secondary N) is 1. The molecule has 19 heavy (non-hydrogen) atoms. The number of methoxy groups -OCH3 is 2. The molecule has 0 aliphatic carbocycles. The lowest BCUT2D eigenvalue weighted by atomic mass is 10.2. The Hall–Kier alpha value is -1.94. The SMILES string of the molecule is COc1ccc(CNCc2ccn(C)c2)c(OC)c1. The highest BCUT2D eigenvalue weighted by atomic mass is 16.5. The molecule has 4 nitrogen and oxygen atoms in total. The van der Waals surface area contributed by atoms with Crippen LogP contribution in [0.15, 0.2) is 36.7 Å². The average molecular weight is 260 g/mol. The normalized spacial score (nSPS) is 10.5. The van der Waals surface area contributed by atoms with Crippen LogP contribution in [0.5, 0.6) is 11.5 Å². The number of hydrogen-bond donors (Lipinski definition) is 1. The van der Waals surface area contributed by atoms with Crippen molar-refractivity contribution in [3.63, 3.8) is 0 Å². The molecule has 0 bridgehead atoms. The smallest absolute Gasteiger partial charge is 0.127 e. The first-order valence-corrected chi connectivity index (χ1v) is 6.25. The summed E-state index contributed by atoms with van der Waals surface area (Å²) < 4.78 is 12.6. The molecule has 0 aliphatic heterocycles. The number of benzene rings is 1. The summed E-state index contributed by atoms with van der Waals surface area (Å²) in [6, 6.07) is 7.98. The Morgan fingerprint density at radius 2 is 1.95 bits per heavy atom. The fourth-order valence-corrected chi connectivity index (χ4v) is 2.00. The van der Waals surface area contributed by atoms with Crippen LogP contribution >= 0.6 is 0 Å². The average Bonchev–Trinajstić information content (AvgIpc) is 2.84. The van der Waals surface area contributed by atoms with Crippen LogP contribution in [0, 0.1) is 0 Å². The van der Waals surface area contributed by atoms with Crippen molar-refractivity contribution in [1.29, 1.82) is 0 Å². The van der Waals surface area contributed by atoms with Gasteiger partial charge in [0.1, 0.15) is 11.5 Å². The highest BCUT2D eigenvalue weighted by Crippen LogP contribution is 2.24. The number of aryl methyl sites for hydroxylation is 1. The van der Waals surface area contributed by atoms with Gasteiger partial charge in [0.05, 0.1) is 14.2 Å². The Bertz CT molecular complexity index is 535. The Morgan fingerprint density at radius 1 is 1.11 bits per heavy atom. The summed E-state index contributed by atoms with van der Waals surface area (Å²) in [6.07, 6.45) is 4.16. The molecule has 0 aliphatic rings. The number of hydrogen-bond acceptors (Lipinski definition) is 3. The van der Waals surface area contributed by atoms with E-state index in [9.17, 15) is 0 Å². The van der Waals surface area contributed by atoms with E-state index in [1.165, 1.54) is 5.56 Å². The number of nitrogens with zero attached hydrogens (tertiary/aromatic N) is 1. The van der Waals surface area contributed by atoms with Crippen LogP contribution in [0.25, 0.3) is 0 Å². The maximum Gasteiger partial charge on any atom is 0.127 e. The molecule has 0 amide bonds. The largest absolute Gasteiger partial charge is 0.497 e. The van der Waals surface area contributed by atoms with Gasteiger partial charge in [-0.25, -0.2) is 0 Å². The third-order valence-electron chi connectivity index (χ3n) is 3.03. The van der Waals surface area contributed by atoms with Crippen LogP contribution < -0.4 is 14.8 Å². The van der Waals surface area contributed by atoms with Crippen molar-refractivity contribution < 1.29 is 9.47 Å². The van der Waals surface area contributed by atoms with Crippen molar-refractivity contribution in [2.45, 2.75) is 13.1 Å². The van der Waals surface area contributed by atoms with Crippen LogP contribution in [0.1, 0.15) is 11.1 Å². The van der Waals surface area contributed by atoms with Crippen molar-refractivity contribution in [3.8, 4) is 11.5 Å². The molecule has 0 fully saturated rings. The molecular formula is C15H20N2O2. The number of ether oxygens (including phenoxy) is 2. The van der Waals surface area contributed by atoms with Gasteiger partial charge in [-0.2, -0.15) is 0 Å². The number of aromatic nitrogens is 1. The third-order valence-corrected chi connectivity index (χ3v) is 3.03. The molecule has 2 rings (SSSR count). The highest BCUT2D eigenvalue weighted by Gasteiger charge is 2.04. The predicted octanol–water partition coefficient (Wildman–Crippen LogP) is 2.33. The first kappa shape index (κ1) is 13.5. The minimum Gasteiger partial charge on any atom is -0.497 e. The molecule has 1 heterocycles. The highest BCUT2D eigenvalue weighted by molar-refractivity contribution is 5.40. The summed E-state index contributed by atoms with van der Waals surface area (Å²) in [5.74, 6) is 1.66. The molecule has 0 spiro atoms. The van der Waals surface area contributed by atoms with E-state index in [1.54, 1.807) is 14.2 Å². The molecule has 1 N–H and O–H groups in total. The molecule has 4 heteroatoms. The molecule has 1 aromatic heterocycles. The fourth-order valence-electron chi connectivity index (χ4n) is 2.00. The minimum atomic E-state index is 0.766. The summed E-state index contributed by atoms with van der Waals surface area (Å²) in [4.78, 5) is 0. The molecule has 1 aromatic carbocycles. The van der Waals surface area contributed by atoms with Crippen molar-refractivity contribution in [2.24, 2.45) is 7.05 Å². The first-order chi connectivity index (χ1) is 9.22. The van der Waals surface area contributed by atoms with Gasteiger partial charge >= 0.3 is 0 Å². The number of rotatable bonds is 6. The maximum absolute atomic E-state index is 5.37. The second kappa shape index (κ2) is 6.29. The van der Waals surface area contributed by atoms with Gasteiger partial charge in [0.2, 0.25) is 0 Å². The van der Waals surface area contributed by atoms with Gasteiger partial charge in [0.15, 0.2) is 0 Å². The summed E-state index contributed by atoms with van der Waals surface area (Å²) in [5, 5.41) is 3.41. The Morgan fingerprint density at radius 3 is 2.58 bits per heavy atom. The van der Waals surface area contributed by atoms with Gasteiger partial charge in [-0.1, -0.05) is 6.07 Å². The lowest BCUT2D eigenvalue weighted by Crippen LogP contribution is -2.13. The van der Waals surface area contributed by atoms with Gasteiger partial charge in [0, 0.05) is 44.2 Å². The van der Waals surface area contributed by atoms with E-state index >= 15 is 0 Å². The van der Waals surface area contributed by atoms with Gasteiger partial charge in [-0.05, 0) is 17.7 Å². The first-order valence-electron chi connectivity index (χ1n) is 6.25. The van der Waals surface area contributed by atoms with E-state index < -0.39 is 0 Å². The fraction of sp³-hybridized carbons (Fsp3) is 0.333. The van der Waals surface area contributed by atoms with Gasteiger partial charge < -0.3 is 19.4 Å². The Balaban J connectivity index is 1.95. The monoisotopic (exact) mass is 260 g/mol. The van der Waals surface area contributed by atoms with Crippen LogP contribution in [-0.2, 0) is 20.1 Å². The molecule has 102 valence electrons. The standard InChI is InChI=1S/C15H20N2O2/c1-17-7-6-12(11-17)9-16-10-13-4-5-14(18-2)8-15(13)19-3/h4-8,11,16H,9-10H2,1-3H3. The minimum absolute atomic E-state index is 0.766. The van der Waals surface area contributed by atoms with Crippen molar-refractivity contribution in [1.82, 2.24) is 9.88 Å². The van der Waals surface area contributed by atoms with Crippen molar-refractivity contribution in [3.05, 3.63) is 47.8 Å². The van der Waals surface area contributed by atoms with Crippen LogP contribution in [0.2, 0.25) is 0 Å². The zero-order valence-electron chi connectivity index (χ0n) is 11.6. The molecule has 0 radical (unpaired) electrons. The quantitative estimate of drug-likeness (QED) is 0.866. The molecule has 0 atom stereocenters. The zero-order valence-corrected chi connectivity index (χ0v) is 11.6. The van der Waals surface area contributed by atoms with Gasteiger partial charge in [-0.15, -0.1) is 0 Å². The second-order valence-electron chi connectivity index (χ2n) is 4.47. The van der Waals surface area contributed by atoms with Gasteiger partial charge in [-0.3, -0.25) is 0 Å². The van der Waals surface area contributed by atoms with Crippen LogP contribution in [0.4, 0.5) is 0 Å². The van der Waals surface area contributed by atoms with Crippen molar-refractivity contribution in [2.75, 3.05) is 14.2 Å². The summed E-state index contributed by atoms with van der Waals surface area (Å²) >= 11 is 0. The van der Waals surface area contributed by atoms with Crippen LogP contribution in [-0.4, -0.2) is 18.8 Å². The zero-order chi connectivity index (χ0) is 13.7. The van der Waals surface area contributed by atoms with E-state index in [1.807, 2.05) is 36.0 Å². The lowest BCUT2D eigenvalue weighted by Gasteiger charge is -2.11. The molecular weight excluding hydrogens is 240 g/mol. The van der Waals surface area contributed by atoms with E-state index in [0.29, 0.717) is 0 Å². The molecule has 2 aromatic rings. The Kier molecular flexibility index (Phi) is 4.47. The van der Waals surface area contributed by atoms with Crippen LogP contribution in [0.3, 0.4) is 0 Å². The second-order valence-corrected chi connectivity index (χ2v) is 4.47. The third kappa shape index (κ3) is 3.51. The Labute approximate surface area is 114 Å². The van der Waals surface area contributed by atoms with Crippen molar-refractivity contribution >= 4 is 0 Å². The summed E-state index contributed by atoms with van der Waals surface area (Å²) in [5.41, 5.74) is 2.40. The van der Waals surface area contributed by atoms with E-state index in [4.69, 9.17) is 9.47 Å². The molecule has 0 saturated heterocycles. The van der Waals surface area contributed by atoms with E-state index in [-0.39, 0.29) is 0 Å². The maximum atomic E-state index is 5.37. The topological polar surface area (TPSA) is 35.4 Å². The molecule has 0 saturated carbocycles. The lowest BCUT2D eigenvalue weighted by molar-refractivity contribution is 0.390. The predicted molar refractivity (Wildman–Crippen MR) is 75.5 cm³/mol. The van der Waals surface area contributed by atoms with E-state index in [0.717, 1.165) is 30.2 Å². The summed E-state index contributed by atoms with van der Waals surface area (Å²) in [6.45, 7) is 1.61. The summed E-state index contributed by atoms with van der Waals surface area (Å²) in [7, 11) is 5.35.